The van der Waals surface area contributed by atoms with Gasteiger partial charge in [-0.05, 0) is 18.2 Å². The fourth-order valence-corrected chi connectivity index (χ4v) is 2.00. The Kier molecular flexibility index (Phi) is 6.40. The lowest BCUT2D eigenvalue weighted by molar-refractivity contribution is -0.129. The molecule has 0 aliphatic carbocycles. The van der Waals surface area contributed by atoms with Crippen molar-refractivity contribution in [3.63, 3.8) is 0 Å². The minimum absolute atomic E-state index is 0.0164. The number of carbonyl (C=O) groups is 1. The van der Waals surface area contributed by atoms with Crippen LogP contribution in [0.1, 0.15) is 5.56 Å². The van der Waals surface area contributed by atoms with Gasteiger partial charge < -0.3 is 9.64 Å². The van der Waals surface area contributed by atoms with E-state index in [4.69, 9.17) is 11.2 Å². The van der Waals surface area contributed by atoms with Gasteiger partial charge >= 0.3 is 0 Å². The molecule has 0 fully saturated rings. The second kappa shape index (κ2) is 7.82. The van der Waals surface area contributed by atoms with Crippen LogP contribution in [0.15, 0.2) is 22.7 Å². The predicted octanol–water partition coefficient (Wildman–Crippen LogP) is 1.64. The molecule has 1 aromatic carbocycles. The molecule has 0 saturated carbocycles. The zero-order valence-corrected chi connectivity index (χ0v) is 12.7. The third-order valence-electron chi connectivity index (χ3n) is 2.58. The van der Waals surface area contributed by atoms with E-state index in [-0.39, 0.29) is 12.5 Å². The number of methoxy groups -OCH3 is 1. The van der Waals surface area contributed by atoms with Gasteiger partial charge in [0.1, 0.15) is 5.75 Å². The van der Waals surface area contributed by atoms with Gasteiger partial charge in [-0.1, -0.05) is 21.9 Å². The van der Waals surface area contributed by atoms with Crippen molar-refractivity contribution in [3.05, 3.63) is 28.2 Å². The molecule has 0 heterocycles. The van der Waals surface area contributed by atoms with Crippen molar-refractivity contribution in [1.29, 1.82) is 0 Å². The first-order chi connectivity index (χ1) is 9.08. The van der Waals surface area contributed by atoms with Crippen molar-refractivity contribution >= 4 is 21.8 Å². The number of amides is 1. The van der Waals surface area contributed by atoms with Gasteiger partial charge in [0.15, 0.2) is 0 Å². The molecule has 102 valence electrons. The minimum atomic E-state index is -0.0164. The molecule has 19 heavy (non-hydrogen) atoms. The molecule has 0 aliphatic heterocycles. The number of nitrogens with one attached hydrogen (secondary N) is 1. The highest BCUT2D eigenvalue weighted by molar-refractivity contribution is 9.10. The Labute approximate surface area is 122 Å². The Morgan fingerprint density at radius 2 is 2.32 bits per heavy atom. The molecule has 0 aromatic heterocycles. The third-order valence-corrected chi connectivity index (χ3v) is 3.07. The van der Waals surface area contributed by atoms with Crippen LogP contribution in [0.25, 0.3) is 0 Å². The zero-order chi connectivity index (χ0) is 14.3. The highest BCUT2D eigenvalue weighted by Crippen LogP contribution is 2.23. The molecular formula is C14H17BrN2O2. The summed E-state index contributed by atoms with van der Waals surface area (Å²) in [5.74, 6) is 3.18. The SMILES string of the molecule is C#CCNCC(=O)N(C)Cc1cc(Br)ccc1OC. The molecule has 0 spiro atoms. The largest absolute Gasteiger partial charge is 0.496 e. The quantitative estimate of drug-likeness (QED) is 0.639. The molecule has 0 saturated heterocycles. The fourth-order valence-electron chi connectivity index (χ4n) is 1.59. The number of terminal acetylenes is 1. The molecule has 5 heteroatoms. The summed E-state index contributed by atoms with van der Waals surface area (Å²) >= 11 is 3.41. The van der Waals surface area contributed by atoms with Crippen LogP contribution < -0.4 is 10.1 Å². The van der Waals surface area contributed by atoms with Crippen molar-refractivity contribution in [2.24, 2.45) is 0 Å². The number of halogens is 1. The highest BCUT2D eigenvalue weighted by Gasteiger charge is 2.11. The first-order valence-corrected chi connectivity index (χ1v) is 6.58. The molecule has 1 aromatic rings. The van der Waals surface area contributed by atoms with Gasteiger partial charge in [0, 0.05) is 23.6 Å². The Morgan fingerprint density at radius 3 is 2.95 bits per heavy atom. The van der Waals surface area contributed by atoms with Crippen LogP contribution in [-0.2, 0) is 11.3 Å². The van der Waals surface area contributed by atoms with E-state index in [0.29, 0.717) is 13.1 Å². The van der Waals surface area contributed by atoms with E-state index >= 15 is 0 Å². The monoisotopic (exact) mass is 324 g/mol. The Bertz CT molecular complexity index is 483. The number of hydrogen-bond donors (Lipinski definition) is 1. The summed E-state index contributed by atoms with van der Waals surface area (Å²) in [6.07, 6.45) is 5.11. The molecule has 1 rings (SSSR count). The van der Waals surface area contributed by atoms with Gasteiger partial charge in [-0.15, -0.1) is 6.42 Å². The lowest BCUT2D eigenvalue weighted by atomic mass is 10.2. The summed E-state index contributed by atoms with van der Waals surface area (Å²) in [6.45, 7) is 1.11. The molecule has 1 N–H and O–H groups in total. The topological polar surface area (TPSA) is 41.6 Å². The van der Waals surface area contributed by atoms with Gasteiger partial charge in [0.25, 0.3) is 0 Å². The number of benzene rings is 1. The van der Waals surface area contributed by atoms with Crippen molar-refractivity contribution in [2.75, 3.05) is 27.2 Å². The maximum Gasteiger partial charge on any atom is 0.236 e. The van der Waals surface area contributed by atoms with Gasteiger partial charge in [0.05, 0.1) is 20.2 Å². The van der Waals surface area contributed by atoms with E-state index in [9.17, 15) is 4.79 Å². The van der Waals surface area contributed by atoms with E-state index in [2.05, 4.69) is 27.2 Å². The lowest BCUT2D eigenvalue weighted by Crippen LogP contribution is -2.35. The van der Waals surface area contributed by atoms with E-state index in [0.717, 1.165) is 15.8 Å². The van der Waals surface area contributed by atoms with Crippen molar-refractivity contribution in [3.8, 4) is 18.1 Å². The van der Waals surface area contributed by atoms with Crippen LogP contribution >= 0.6 is 15.9 Å². The number of nitrogens with zero attached hydrogens (tertiary/aromatic N) is 1. The first-order valence-electron chi connectivity index (χ1n) is 5.79. The van der Waals surface area contributed by atoms with Crippen LogP contribution in [0, 0.1) is 12.3 Å². The zero-order valence-electron chi connectivity index (χ0n) is 11.1. The van der Waals surface area contributed by atoms with Gasteiger partial charge in [-0.3, -0.25) is 10.1 Å². The number of rotatable bonds is 6. The summed E-state index contributed by atoms with van der Waals surface area (Å²) in [4.78, 5) is 13.5. The summed E-state index contributed by atoms with van der Waals surface area (Å²) in [5.41, 5.74) is 0.949. The Balaban J connectivity index is 2.65. The Hall–Kier alpha value is -1.51. The van der Waals surface area contributed by atoms with Crippen LogP contribution in [-0.4, -0.2) is 38.1 Å². The second-order valence-electron chi connectivity index (χ2n) is 4.01. The van der Waals surface area contributed by atoms with Gasteiger partial charge in [0.2, 0.25) is 5.91 Å². The lowest BCUT2D eigenvalue weighted by Gasteiger charge is -2.19. The number of carbonyl (C=O) groups excluding carboxylic acids is 1. The molecular weight excluding hydrogens is 308 g/mol. The summed E-state index contributed by atoms with van der Waals surface area (Å²) in [5, 5.41) is 2.87. The molecule has 1 amide bonds. The Morgan fingerprint density at radius 1 is 1.58 bits per heavy atom. The molecule has 0 aliphatic rings. The number of hydrogen-bond acceptors (Lipinski definition) is 3. The summed E-state index contributed by atoms with van der Waals surface area (Å²) in [6, 6.07) is 5.71. The van der Waals surface area contributed by atoms with E-state index < -0.39 is 0 Å². The van der Waals surface area contributed by atoms with Crippen LogP contribution in [0.2, 0.25) is 0 Å². The second-order valence-corrected chi connectivity index (χ2v) is 4.93. The molecule has 0 bridgehead atoms. The molecule has 4 nitrogen and oxygen atoms in total. The molecule has 0 atom stereocenters. The van der Waals surface area contributed by atoms with E-state index in [1.54, 1.807) is 19.1 Å². The van der Waals surface area contributed by atoms with Crippen molar-refractivity contribution < 1.29 is 9.53 Å². The standard InChI is InChI=1S/C14H17BrN2O2/c1-4-7-16-9-14(18)17(2)10-11-8-12(15)5-6-13(11)19-3/h1,5-6,8,16H,7,9-10H2,2-3H3. The normalized spacial score (nSPS) is 9.79. The van der Waals surface area contributed by atoms with Crippen LogP contribution in [0.3, 0.4) is 0 Å². The molecule has 0 radical (unpaired) electrons. The fraction of sp³-hybridized carbons (Fsp3) is 0.357. The summed E-state index contributed by atoms with van der Waals surface area (Å²) < 4.78 is 6.23. The predicted molar refractivity (Wildman–Crippen MR) is 78.9 cm³/mol. The first kappa shape index (κ1) is 15.5. The van der Waals surface area contributed by atoms with Gasteiger partial charge in [-0.25, -0.2) is 0 Å². The average Bonchev–Trinajstić information content (AvgIpc) is 2.39. The number of ether oxygens (including phenoxy) is 1. The summed E-state index contributed by atoms with van der Waals surface area (Å²) in [7, 11) is 3.36. The molecule has 0 unspecified atom stereocenters. The van der Waals surface area contributed by atoms with Crippen LogP contribution in [0.5, 0.6) is 5.75 Å². The minimum Gasteiger partial charge on any atom is -0.496 e. The smallest absolute Gasteiger partial charge is 0.236 e. The maximum atomic E-state index is 11.8. The highest BCUT2D eigenvalue weighted by atomic mass is 79.9. The van der Waals surface area contributed by atoms with Crippen molar-refractivity contribution in [1.82, 2.24) is 10.2 Å². The average molecular weight is 325 g/mol. The van der Waals surface area contributed by atoms with Crippen LogP contribution in [0.4, 0.5) is 0 Å². The number of likely N-dealkylation sites (N-methyl/N-ethyl adjacent to an activating group) is 1. The van der Waals surface area contributed by atoms with Crippen molar-refractivity contribution in [2.45, 2.75) is 6.54 Å². The third kappa shape index (κ3) is 4.93. The maximum absolute atomic E-state index is 11.8. The van der Waals surface area contributed by atoms with Gasteiger partial charge in [-0.2, -0.15) is 0 Å². The van der Waals surface area contributed by atoms with E-state index in [1.165, 1.54) is 0 Å². The van der Waals surface area contributed by atoms with E-state index in [1.807, 2.05) is 18.2 Å².